The molecule has 0 amide bonds. The zero-order valence-corrected chi connectivity index (χ0v) is 14.5. The second-order valence-electron chi connectivity index (χ2n) is 5.29. The molecule has 0 aromatic carbocycles. The van der Waals surface area contributed by atoms with Crippen molar-refractivity contribution in [3.63, 3.8) is 0 Å². The van der Waals surface area contributed by atoms with Gasteiger partial charge in [0.2, 0.25) is 0 Å². The van der Waals surface area contributed by atoms with Crippen molar-refractivity contribution in [2.24, 2.45) is 12.0 Å². The second-order valence-corrected chi connectivity index (χ2v) is 5.68. The van der Waals surface area contributed by atoms with Crippen LogP contribution in [0.1, 0.15) is 6.92 Å². The van der Waals surface area contributed by atoms with Gasteiger partial charge < -0.3 is 10.0 Å². The first kappa shape index (κ1) is 20.2. The number of aliphatic hydroxyl groups is 1. The number of aliphatic hydroxyl groups excluding tert-OH is 1. The largest absolute Gasteiger partial charge is 0.451 e. The van der Waals surface area contributed by atoms with Gasteiger partial charge in [-0.2, -0.15) is 13.2 Å². The quantitative estimate of drug-likeness (QED) is 0.473. The summed E-state index contributed by atoms with van der Waals surface area (Å²) in [7, 11) is 3.33. The maximum atomic E-state index is 12.6. The molecular weight excluding hydrogens is 345 g/mol. The molecule has 0 fully saturated rings. The van der Waals surface area contributed by atoms with Gasteiger partial charge in [0, 0.05) is 19.7 Å². The molecule has 1 aromatic rings. The summed E-state index contributed by atoms with van der Waals surface area (Å²) < 4.78 is 40.5. The molecule has 5 nitrogen and oxygen atoms in total. The van der Waals surface area contributed by atoms with E-state index in [1.807, 2.05) is 0 Å². The summed E-state index contributed by atoms with van der Waals surface area (Å²) in [5.41, 5.74) is 0.690. The normalized spacial score (nSPS) is 14.7. The van der Waals surface area contributed by atoms with Crippen LogP contribution in [0.3, 0.4) is 0 Å². The first-order valence-electron chi connectivity index (χ1n) is 7.09. The van der Waals surface area contributed by atoms with E-state index in [0.717, 1.165) is 0 Å². The van der Waals surface area contributed by atoms with Crippen LogP contribution in [0.2, 0.25) is 0 Å². The van der Waals surface area contributed by atoms with Gasteiger partial charge in [-0.15, -0.1) is 0 Å². The fourth-order valence-electron chi connectivity index (χ4n) is 2.00. The lowest BCUT2D eigenvalue weighted by molar-refractivity contribution is -0.693. The number of likely N-dealkylation sites (N-methyl/N-ethyl adjacent to an activating group) is 1. The van der Waals surface area contributed by atoms with Gasteiger partial charge in [0.15, 0.2) is 0 Å². The molecule has 0 spiro atoms. The molecule has 1 rings (SSSR count). The van der Waals surface area contributed by atoms with Crippen LogP contribution in [0, 0.1) is 0 Å². The Morgan fingerprint density at radius 1 is 1.58 bits per heavy atom. The van der Waals surface area contributed by atoms with Crippen LogP contribution in [-0.4, -0.2) is 40.6 Å². The maximum absolute atomic E-state index is 12.6. The van der Waals surface area contributed by atoms with Gasteiger partial charge in [0.25, 0.3) is 0 Å². The van der Waals surface area contributed by atoms with Gasteiger partial charge in [-0.05, 0) is 12.5 Å². The molecule has 0 aliphatic rings. The molecule has 0 saturated carbocycles. The third-order valence-electron chi connectivity index (χ3n) is 3.14. The van der Waals surface area contributed by atoms with Crippen molar-refractivity contribution in [2.45, 2.75) is 25.9 Å². The number of alkyl halides is 3. The molecule has 0 bridgehead atoms. The van der Waals surface area contributed by atoms with E-state index in [1.165, 1.54) is 9.13 Å². The molecule has 1 N–H and O–H groups in total. The number of aryl methyl sites for hydroxylation is 1. The molecular formula is C15H21ClF3N4O+. The van der Waals surface area contributed by atoms with Crippen LogP contribution in [0.4, 0.5) is 13.2 Å². The van der Waals surface area contributed by atoms with Gasteiger partial charge in [0.05, 0.1) is 26.0 Å². The Kier molecular flexibility index (Phi) is 7.04. The van der Waals surface area contributed by atoms with E-state index in [4.69, 9.17) is 11.6 Å². The van der Waals surface area contributed by atoms with E-state index in [1.54, 1.807) is 50.5 Å². The molecule has 1 atom stereocenters. The summed E-state index contributed by atoms with van der Waals surface area (Å²) in [5, 5.41) is 9.74. The van der Waals surface area contributed by atoms with Crippen molar-refractivity contribution in [1.29, 1.82) is 0 Å². The molecule has 0 radical (unpaired) electrons. The minimum absolute atomic E-state index is 0.0248. The fraction of sp³-hybridized carbons (Fsp3) is 0.467. The van der Waals surface area contributed by atoms with Crippen molar-refractivity contribution < 1.29 is 22.8 Å². The van der Waals surface area contributed by atoms with Crippen LogP contribution in [0.25, 0.3) is 0 Å². The van der Waals surface area contributed by atoms with Crippen LogP contribution in [-0.2, 0) is 13.6 Å². The SMILES string of the molecule is C=C(CN(C)C(Cl)=CC)Cn1ccc[n+](C)c1=NC(O)C(F)(F)F. The Labute approximate surface area is 143 Å². The fourth-order valence-corrected chi connectivity index (χ4v) is 2.06. The highest BCUT2D eigenvalue weighted by Gasteiger charge is 2.42. The van der Waals surface area contributed by atoms with Gasteiger partial charge in [-0.3, -0.25) is 0 Å². The number of hydrogen-bond donors (Lipinski definition) is 1. The highest BCUT2D eigenvalue weighted by atomic mass is 35.5. The lowest BCUT2D eigenvalue weighted by Crippen LogP contribution is -2.53. The minimum Gasteiger partial charge on any atom is -0.362 e. The summed E-state index contributed by atoms with van der Waals surface area (Å²) in [6.45, 7) is 6.38. The zero-order chi connectivity index (χ0) is 18.5. The minimum atomic E-state index is -4.82. The van der Waals surface area contributed by atoms with Crippen molar-refractivity contribution in [3.8, 4) is 0 Å². The number of nitrogens with zero attached hydrogens (tertiary/aromatic N) is 4. The van der Waals surface area contributed by atoms with Crippen LogP contribution < -0.4 is 10.2 Å². The standard InChI is InChI=1S/C15H21ClF3N4O/c1-5-12(16)22(4)9-11(2)10-23-8-6-7-21(3)14(23)20-13(24)15(17,18)19/h5-8,13,24H,2,9-10H2,1,3-4H3/q+1. The van der Waals surface area contributed by atoms with Gasteiger partial charge >= 0.3 is 18.0 Å². The zero-order valence-electron chi connectivity index (χ0n) is 13.8. The number of aromatic nitrogens is 2. The molecule has 1 heterocycles. The first-order chi connectivity index (χ1) is 11.1. The third kappa shape index (κ3) is 5.68. The third-order valence-corrected chi connectivity index (χ3v) is 3.64. The lowest BCUT2D eigenvalue weighted by Gasteiger charge is -2.19. The van der Waals surface area contributed by atoms with E-state index in [9.17, 15) is 18.3 Å². The molecule has 1 unspecified atom stereocenters. The van der Waals surface area contributed by atoms with Crippen molar-refractivity contribution in [2.75, 3.05) is 13.6 Å². The average molecular weight is 366 g/mol. The van der Waals surface area contributed by atoms with E-state index in [0.29, 0.717) is 17.3 Å². The van der Waals surface area contributed by atoms with Gasteiger partial charge in [0.1, 0.15) is 5.16 Å². The van der Waals surface area contributed by atoms with Crippen LogP contribution >= 0.6 is 11.6 Å². The first-order valence-corrected chi connectivity index (χ1v) is 7.47. The van der Waals surface area contributed by atoms with E-state index >= 15 is 0 Å². The Hall–Kier alpha value is -1.80. The number of allylic oxidation sites excluding steroid dienone is 1. The predicted molar refractivity (Wildman–Crippen MR) is 84.6 cm³/mol. The van der Waals surface area contributed by atoms with Crippen molar-refractivity contribution in [3.05, 3.63) is 47.5 Å². The Bertz CT molecular complexity index is 682. The van der Waals surface area contributed by atoms with Crippen molar-refractivity contribution >= 4 is 11.6 Å². The number of halogens is 4. The summed E-state index contributed by atoms with van der Waals surface area (Å²) in [6, 6.07) is 1.66. The Morgan fingerprint density at radius 2 is 2.21 bits per heavy atom. The second kappa shape index (κ2) is 8.34. The number of rotatable bonds is 6. The average Bonchev–Trinajstić information content (AvgIpc) is 2.48. The van der Waals surface area contributed by atoms with Gasteiger partial charge in [-0.25, -0.2) is 9.13 Å². The predicted octanol–water partition coefficient (Wildman–Crippen LogP) is 1.68. The summed E-state index contributed by atoms with van der Waals surface area (Å²) in [4.78, 5) is 5.14. The van der Waals surface area contributed by atoms with E-state index in [2.05, 4.69) is 11.6 Å². The maximum Gasteiger partial charge on any atom is 0.451 e. The topological polar surface area (TPSA) is 44.6 Å². The Balaban J connectivity index is 3.08. The van der Waals surface area contributed by atoms with Crippen LogP contribution in [0.15, 0.2) is 46.8 Å². The highest BCUT2D eigenvalue weighted by molar-refractivity contribution is 6.29. The highest BCUT2D eigenvalue weighted by Crippen LogP contribution is 2.20. The Morgan fingerprint density at radius 3 is 2.75 bits per heavy atom. The van der Waals surface area contributed by atoms with E-state index in [-0.39, 0.29) is 12.2 Å². The van der Waals surface area contributed by atoms with Crippen LogP contribution in [0.5, 0.6) is 0 Å². The molecule has 1 aromatic heterocycles. The molecule has 0 aliphatic carbocycles. The van der Waals surface area contributed by atoms with E-state index < -0.39 is 12.4 Å². The molecule has 134 valence electrons. The lowest BCUT2D eigenvalue weighted by atomic mass is 10.3. The molecule has 0 aliphatic heterocycles. The molecule has 0 saturated heterocycles. The monoisotopic (exact) mass is 365 g/mol. The van der Waals surface area contributed by atoms with Gasteiger partial charge in [-0.1, -0.05) is 29.2 Å². The molecule has 24 heavy (non-hydrogen) atoms. The molecule has 9 heteroatoms. The summed E-state index contributed by atoms with van der Waals surface area (Å²) in [6.07, 6.45) is -2.76. The number of hydrogen-bond acceptors (Lipinski definition) is 3. The smallest absolute Gasteiger partial charge is 0.362 e. The van der Waals surface area contributed by atoms with Crippen molar-refractivity contribution in [1.82, 2.24) is 9.47 Å². The summed E-state index contributed by atoms with van der Waals surface area (Å²) in [5.74, 6) is 0. The summed E-state index contributed by atoms with van der Waals surface area (Å²) >= 11 is 6.00.